The molecule has 1 saturated carbocycles. The monoisotopic (exact) mass is 468 g/mol. The molecule has 0 bridgehead atoms. The highest BCUT2D eigenvalue weighted by molar-refractivity contribution is 5.85. The SMILES string of the molecule is COC(=O)[C@]1(N)CC[C@H](NC(=O)N2CCC(OCC3CCNCC3)CC2)CC1.Cl.Cl. The van der Waals surface area contributed by atoms with Gasteiger partial charge in [0.15, 0.2) is 0 Å². The van der Waals surface area contributed by atoms with Crippen LogP contribution >= 0.6 is 24.8 Å². The average Bonchev–Trinajstić information content (AvgIpc) is 2.74. The molecule has 0 spiro atoms. The van der Waals surface area contributed by atoms with Gasteiger partial charge in [-0.05, 0) is 70.4 Å². The number of nitrogens with two attached hydrogens (primary N) is 1. The van der Waals surface area contributed by atoms with Crippen molar-refractivity contribution in [2.24, 2.45) is 11.7 Å². The molecule has 3 aliphatic rings. The number of methoxy groups -OCH3 is 1. The van der Waals surface area contributed by atoms with E-state index in [2.05, 4.69) is 10.6 Å². The smallest absolute Gasteiger partial charge is 0.325 e. The molecule has 2 saturated heterocycles. The van der Waals surface area contributed by atoms with Gasteiger partial charge in [-0.25, -0.2) is 4.79 Å². The van der Waals surface area contributed by atoms with Crippen molar-refractivity contribution in [2.75, 3.05) is 39.9 Å². The van der Waals surface area contributed by atoms with Crippen molar-refractivity contribution >= 4 is 36.8 Å². The van der Waals surface area contributed by atoms with Crippen LogP contribution in [0.15, 0.2) is 0 Å². The highest BCUT2D eigenvalue weighted by Crippen LogP contribution is 2.28. The predicted molar refractivity (Wildman–Crippen MR) is 120 cm³/mol. The van der Waals surface area contributed by atoms with E-state index in [0.717, 1.165) is 45.6 Å². The maximum absolute atomic E-state index is 12.6. The molecule has 2 aliphatic heterocycles. The molecular weight excluding hydrogens is 431 g/mol. The van der Waals surface area contributed by atoms with Gasteiger partial charge in [-0.3, -0.25) is 4.79 Å². The van der Waals surface area contributed by atoms with E-state index in [1.165, 1.54) is 20.0 Å². The Morgan fingerprint density at radius 1 is 1.07 bits per heavy atom. The van der Waals surface area contributed by atoms with E-state index >= 15 is 0 Å². The van der Waals surface area contributed by atoms with Gasteiger partial charge in [0.25, 0.3) is 0 Å². The molecule has 1 aliphatic carbocycles. The number of rotatable bonds is 5. The number of likely N-dealkylation sites (tertiary alicyclic amines) is 1. The van der Waals surface area contributed by atoms with Crippen molar-refractivity contribution in [3.05, 3.63) is 0 Å². The summed E-state index contributed by atoms with van der Waals surface area (Å²) in [6.07, 6.45) is 6.95. The Bertz CT molecular complexity index is 533. The second-order valence-corrected chi connectivity index (χ2v) is 8.58. The van der Waals surface area contributed by atoms with Gasteiger partial charge >= 0.3 is 12.0 Å². The number of piperidine rings is 2. The third-order valence-electron chi connectivity index (χ3n) is 6.55. The first-order valence-electron chi connectivity index (χ1n) is 10.8. The lowest BCUT2D eigenvalue weighted by molar-refractivity contribution is -0.148. The van der Waals surface area contributed by atoms with Crippen LogP contribution in [0.5, 0.6) is 0 Å². The number of carbonyl (C=O) groups is 2. The molecule has 0 aromatic heterocycles. The standard InChI is InChI=1S/C20H36N4O4.2ClH/c1-27-18(25)20(21)8-2-16(3-9-20)23-19(26)24-12-6-17(7-13-24)28-14-15-4-10-22-11-5-15;;/h15-17,22H,2-14,21H2,1H3,(H,23,26);2*1H/t16-,20-;;. The maximum Gasteiger partial charge on any atom is 0.325 e. The number of urea groups is 1. The van der Waals surface area contributed by atoms with E-state index < -0.39 is 5.54 Å². The Labute approximate surface area is 192 Å². The first kappa shape index (κ1) is 27.2. The Kier molecular flexibility index (Phi) is 11.7. The molecule has 3 rings (SSSR count). The summed E-state index contributed by atoms with van der Waals surface area (Å²) in [6, 6.07) is 0.0621. The minimum absolute atomic E-state index is 0. The van der Waals surface area contributed by atoms with Crippen LogP contribution in [0.1, 0.15) is 51.4 Å². The Balaban J connectivity index is 0.00000225. The van der Waals surface area contributed by atoms with Crippen molar-refractivity contribution < 1.29 is 19.1 Å². The average molecular weight is 469 g/mol. The quantitative estimate of drug-likeness (QED) is 0.531. The minimum atomic E-state index is -0.903. The van der Waals surface area contributed by atoms with Crippen LogP contribution in [0.25, 0.3) is 0 Å². The molecule has 0 aromatic carbocycles. The lowest BCUT2D eigenvalue weighted by atomic mass is 9.80. The number of carbonyl (C=O) groups excluding carboxylic acids is 2. The second kappa shape index (κ2) is 12.9. The third-order valence-corrected chi connectivity index (χ3v) is 6.55. The van der Waals surface area contributed by atoms with Crippen LogP contribution in [0.2, 0.25) is 0 Å². The van der Waals surface area contributed by atoms with Crippen molar-refractivity contribution in [3.8, 4) is 0 Å². The molecule has 2 heterocycles. The summed E-state index contributed by atoms with van der Waals surface area (Å²) < 4.78 is 10.9. The fourth-order valence-corrected chi connectivity index (χ4v) is 4.50. The van der Waals surface area contributed by atoms with Crippen molar-refractivity contribution in [3.63, 3.8) is 0 Å². The van der Waals surface area contributed by atoms with Gasteiger partial charge < -0.3 is 30.7 Å². The highest BCUT2D eigenvalue weighted by Gasteiger charge is 2.40. The van der Waals surface area contributed by atoms with Gasteiger partial charge in [0.2, 0.25) is 0 Å². The zero-order valence-corrected chi connectivity index (χ0v) is 19.5. The number of hydrogen-bond acceptors (Lipinski definition) is 6. The molecule has 8 nitrogen and oxygen atoms in total. The minimum Gasteiger partial charge on any atom is -0.468 e. The van der Waals surface area contributed by atoms with Crippen LogP contribution < -0.4 is 16.4 Å². The van der Waals surface area contributed by atoms with Gasteiger partial charge in [0, 0.05) is 25.7 Å². The summed E-state index contributed by atoms with van der Waals surface area (Å²) >= 11 is 0. The van der Waals surface area contributed by atoms with E-state index in [9.17, 15) is 9.59 Å². The lowest BCUT2D eigenvalue weighted by Crippen LogP contribution is -2.55. The van der Waals surface area contributed by atoms with Crippen molar-refractivity contribution in [1.29, 1.82) is 0 Å². The van der Waals surface area contributed by atoms with Gasteiger partial charge in [0.1, 0.15) is 5.54 Å². The maximum atomic E-state index is 12.6. The Hall–Kier alpha value is -0.800. The number of nitrogens with one attached hydrogen (secondary N) is 2. The molecular formula is C20H38Cl2N4O4. The number of nitrogens with zero attached hydrogens (tertiary/aromatic N) is 1. The first-order chi connectivity index (χ1) is 13.5. The molecule has 10 heteroatoms. The van der Waals surface area contributed by atoms with E-state index in [1.54, 1.807) is 0 Å². The zero-order chi connectivity index (χ0) is 20.0. The number of halogens is 2. The molecule has 0 aromatic rings. The summed E-state index contributed by atoms with van der Waals surface area (Å²) in [5.74, 6) is 0.317. The summed E-state index contributed by atoms with van der Waals surface area (Å²) in [5, 5.41) is 6.49. The molecule has 0 radical (unpaired) electrons. The van der Waals surface area contributed by atoms with E-state index in [1.807, 2.05) is 4.90 Å². The number of ether oxygens (including phenoxy) is 2. The second-order valence-electron chi connectivity index (χ2n) is 8.58. The molecule has 30 heavy (non-hydrogen) atoms. The van der Waals surface area contributed by atoms with Gasteiger partial charge in [0.05, 0.1) is 13.2 Å². The van der Waals surface area contributed by atoms with Crippen LogP contribution in [0.3, 0.4) is 0 Å². The van der Waals surface area contributed by atoms with E-state index in [4.69, 9.17) is 15.2 Å². The van der Waals surface area contributed by atoms with E-state index in [-0.39, 0.29) is 49.0 Å². The van der Waals surface area contributed by atoms with Crippen LogP contribution in [-0.2, 0) is 14.3 Å². The van der Waals surface area contributed by atoms with E-state index in [0.29, 0.717) is 31.6 Å². The predicted octanol–water partition coefficient (Wildman–Crippen LogP) is 1.83. The number of hydrogen-bond donors (Lipinski definition) is 3. The van der Waals surface area contributed by atoms with Gasteiger partial charge in [-0.1, -0.05) is 0 Å². The molecule has 0 atom stereocenters. The lowest BCUT2D eigenvalue weighted by Gasteiger charge is -2.37. The molecule has 2 amide bonds. The first-order valence-corrected chi connectivity index (χ1v) is 10.8. The van der Waals surface area contributed by atoms with Crippen LogP contribution in [0.4, 0.5) is 4.79 Å². The van der Waals surface area contributed by atoms with Crippen molar-refractivity contribution in [2.45, 2.75) is 69.1 Å². The fraction of sp³-hybridized carbons (Fsp3) is 0.900. The Morgan fingerprint density at radius 2 is 1.67 bits per heavy atom. The fourth-order valence-electron chi connectivity index (χ4n) is 4.50. The van der Waals surface area contributed by atoms with Gasteiger partial charge in [-0.15, -0.1) is 24.8 Å². The molecule has 3 fully saturated rings. The summed E-state index contributed by atoms with van der Waals surface area (Å²) in [7, 11) is 1.37. The topological polar surface area (TPSA) is 106 Å². The summed E-state index contributed by atoms with van der Waals surface area (Å²) in [4.78, 5) is 26.2. The van der Waals surface area contributed by atoms with Gasteiger partial charge in [-0.2, -0.15) is 0 Å². The normalized spacial score (nSPS) is 28.1. The van der Waals surface area contributed by atoms with Crippen LogP contribution in [-0.4, -0.2) is 74.5 Å². The summed E-state index contributed by atoms with van der Waals surface area (Å²) in [5.41, 5.74) is 5.23. The summed E-state index contributed by atoms with van der Waals surface area (Å²) in [6.45, 7) is 4.51. The third kappa shape index (κ3) is 7.41. The molecule has 0 unspecified atom stereocenters. The number of amides is 2. The molecule has 176 valence electrons. The van der Waals surface area contributed by atoms with Crippen LogP contribution in [0, 0.1) is 5.92 Å². The van der Waals surface area contributed by atoms with Crippen molar-refractivity contribution in [1.82, 2.24) is 15.5 Å². The highest BCUT2D eigenvalue weighted by atomic mass is 35.5. The zero-order valence-electron chi connectivity index (χ0n) is 17.9. The Morgan fingerprint density at radius 3 is 2.23 bits per heavy atom. The number of esters is 1. The molecule has 4 N–H and O–H groups in total. The largest absolute Gasteiger partial charge is 0.468 e.